The standard InChI is InChI=1S/C10H16N2O2/c1-7-4-8(6-12-11)5-9(13-2)10(7)14-3/h4-5,12H,6,11H2,1-3H3. The summed E-state index contributed by atoms with van der Waals surface area (Å²) in [5.41, 5.74) is 4.71. The summed E-state index contributed by atoms with van der Waals surface area (Å²) in [6.45, 7) is 2.59. The molecule has 3 N–H and O–H groups in total. The molecule has 0 amide bonds. The first-order chi connectivity index (χ1) is 6.72. The summed E-state index contributed by atoms with van der Waals surface area (Å²) in [5, 5.41) is 0. The molecule has 1 aromatic carbocycles. The number of benzene rings is 1. The number of aryl methyl sites for hydroxylation is 1. The Morgan fingerprint density at radius 1 is 1.29 bits per heavy atom. The van der Waals surface area contributed by atoms with E-state index < -0.39 is 0 Å². The highest BCUT2D eigenvalue weighted by molar-refractivity contribution is 5.48. The smallest absolute Gasteiger partial charge is 0.163 e. The van der Waals surface area contributed by atoms with Crippen molar-refractivity contribution in [3.63, 3.8) is 0 Å². The molecule has 0 saturated carbocycles. The van der Waals surface area contributed by atoms with Crippen LogP contribution >= 0.6 is 0 Å². The molecule has 4 heteroatoms. The van der Waals surface area contributed by atoms with Crippen molar-refractivity contribution >= 4 is 0 Å². The van der Waals surface area contributed by atoms with Crippen molar-refractivity contribution in [1.29, 1.82) is 0 Å². The summed E-state index contributed by atoms with van der Waals surface area (Å²) in [6.07, 6.45) is 0. The molecule has 0 unspecified atom stereocenters. The van der Waals surface area contributed by atoms with Crippen molar-refractivity contribution in [3.8, 4) is 11.5 Å². The molecule has 0 aliphatic carbocycles. The lowest BCUT2D eigenvalue weighted by Gasteiger charge is -2.12. The number of hydrogen-bond acceptors (Lipinski definition) is 4. The van der Waals surface area contributed by atoms with E-state index in [1.54, 1.807) is 14.2 Å². The van der Waals surface area contributed by atoms with E-state index in [-0.39, 0.29) is 0 Å². The van der Waals surface area contributed by atoms with Gasteiger partial charge >= 0.3 is 0 Å². The minimum Gasteiger partial charge on any atom is -0.493 e. The molecule has 0 aliphatic heterocycles. The molecule has 1 aromatic rings. The van der Waals surface area contributed by atoms with Crippen LogP contribution in [0.25, 0.3) is 0 Å². The molecule has 4 nitrogen and oxygen atoms in total. The molecule has 0 radical (unpaired) electrons. The summed E-state index contributed by atoms with van der Waals surface area (Å²) in [5.74, 6) is 6.76. The van der Waals surface area contributed by atoms with Gasteiger partial charge in [0, 0.05) is 6.54 Å². The van der Waals surface area contributed by atoms with Gasteiger partial charge < -0.3 is 9.47 Å². The number of rotatable bonds is 4. The Labute approximate surface area is 84.0 Å². The van der Waals surface area contributed by atoms with Crippen molar-refractivity contribution in [2.75, 3.05) is 14.2 Å². The van der Waals surface area contributed by atoms with Crippen LogP contribution in [-0.2, 0) is 6.54 Å². The number of hydrogen-bond donors (Lipinski definition) is 2. The minimum atomic E-state index is 0.612. The molecule has 0 heterocycles. The van der Waals surface area contributed by atoms with Crippen molar-refractivity contribution in [1.82, 2.24) is 5.43 Å². The molecule has 14 heavy (non-hydrogen) atoms. The Morgan fingerprint density at radius 2 is 2.00 bits per heavy atom. The predicted octanol–water partition coefficient (Wildman–Crippen LogP) is 0.976. The van der Waals surface area contributed by atoms with Crippen LogP contribution < -0.4 is 20.7 Å². The van der Waals surface area contributed by atoms with Crippen molar-refractivity contribution < 1.29 is 9.47 Å². The lowest BCUT2D eigenvalue weighted by atomic mass is 10.1. The van der Waals surface area contributed by atoms with E-state index in [9.17, 15) is 0 Å². The fraction of sp³-hybridized carbons (Fsp3) is 0.400. The number of nitrogens with two attached hydrogens (primary N) is 1. The average Bonchev–Trinajstić information content (AvgIpc) is 2.17. The van der Waals surface area contributed by atoms with Gasteiger partial charge in [-0.15, -0.1) is 0 Å². The van der Waals surface area contributed by atoms with Gasteiger partial charge in [-0.2, -0.15) is 0 Å². The first kappa shape index (κ1) is 10.8. The minimum absolute atomic E-state index is 0.612. The molecule has 0 fully saturated rings. The van der Waals surface area contributed by atoms with Gasteiger partial charge in [0.05, 0.1) is 14.2 Å². The summed E-state index contributed by atoms with van der Waals surface area (Å²) in [6, 6.07) is 3.92. The Hall–Kier alpha value is -1.26. The van der Waals surface area contributed by atoms with E-state index in [4.69, 9.17) is 15.3 Å². The summed E-state index contributed by atoms with van der Waals surface area (Å²) < 4.78 is 10.4. The molecule has 1 rings (SSSR count). The molecule has 0 atom stereocenters. The second-order valence-electron chi connectivity index (χ2n) is 3.03. The highest BCUT2D eigenvalue weighted by Gasteiger charge is 2.08. The Morgan fingerprint density at radius 3 is 2.50 bits per heavy atom. The zero-order valence-electron chi connectivity index (χ0n) is 8.76. The fourth-order valence-electron chi connectivity index (χ4n) is 1.45. The van der Waals surface area contributed by atoms with Crippen LogP contribution in [0.5, 0.6) is 11.5 Å². The Bertz CT molecular complexity index is 313. The van der Waals surface area contributed by atoms with E-state index in [0.29, 0.717) is 6.54 Å². The zero-order valence-corrected chi connectivity index (χ0v) is 8.76. The molecule has 78 valence electrons. The number of ether oxygens (including phenoxy) is 2. The van der Waals surface area contributed by atoms with E-state index >= 15 is 0 Å². The van der Waals surface area contributed by atoms with E-state index in [2.05, 4.69) is 5.43 Å². The maximum atomic E-state index is 5.25. The molecule has 0 spiro atoms. The number of methoxy groups -OCH3 is 2. The fourth-order valence-corrected chi connectivity index (χ4v) is 1.45. The summed E-state index contributed by atoms with van der Waals surface area (Å²) in [7, 11) is 3.25. The number of hydrazine groups is 1. The van der Waals surface area contributed by atoms with Crippen LogP contribution in [0.2, 0.25) is 0 Å². The van der Waals surface area contributed by atoms with Crippen molar-refractivity contribution in [2.24, 2.45) is 5.84 Å². The van der Waals surface area contributed by atoms with Crippen LogP contribution in [0, 0.1) is 6.92 Å². The lowest BCUT2D eigenvalue weighted by Crippen LogP contribution is -2.20. The summed E-state index contributed by atoms with van der Waals surface area (Å²) >= 11 is 0. The van der Waals surface area contributed by atoms with Crippen molar-refractivity contribution in [3.05, 3.63) is 23.3 Å². The largest absolute Gasteiger partial charge is 0.493 e. The predicted molar refractivity (Wildman–Crippen MR) is 55.3 cm³/mol. The van der Waals surface area contributed by atoms with Gasteiger partial charge in [-0.1, -0.05) is 6.07 Å². The highest BCUT2D eigenvalue weighted by atomic mass is 16.5. The van der Waals surface area contributed by atoms with Gasteiger partial charge in [-0.3, -0.25) is 11.3 Å². The van der Waals surface area contributed by atoms with Crippen LogP contribution in [0.3, 0.4) is 0 Å². The Kier molecular flexibility index (Phi) is 3.73. The van der Waals surface area contributed by atoms with Gasteiger partial charge in [0.25, 0.3) is 0 Å². The first-order valence-corrected chi connectivity index (χ1v) is 4.38. The second-order valence-corrected chi connectivity index (χ2v) is 3.03. The topological polar surface area (TPSA) is 56.5 Å². The van der Waals surface area contributed by atoms with Gasteiger partial charge in [0.1, 0.15) is 0 Å². The maximum absolute atomic E-state index is 5.25. The van der Waals surface area contributed by atoms with Crippen LogP contribution in [0.4, 0.5) is 0 Å². The molecule has 0 saturated heterocycles. The third-order valence-corrected chi connectivity index (χ3v) is 2.03. The monoisotopic (exact) mass is 196 g/mol. The van der Waals surface area contributed by atoms with E-state index in [1.807, 2.05) is 19.1 Å². The van der Waals surface area contributed by atoms with Gasteiger partial charge in [0.2, 0.25) is 0 Å². The second kappa shape index (κ2) is 4.83. The molecular weight excluding hydrogens is 180 g/mol. The summed E-state index contributed by atoms with van der Waals surface area (Å²) in [4.78, 5) is 0. The average molecular weight is 196 g/mol. The lowest BCUT2D eigenvalue weighted by molar-refractivity contribution is 0.352. The van der Waals surface area contributed by atoms with Gasteiger partial charge in [0.15, 0.2) is 11.5 Å². The van der Waals surface area contributed by atoms with Crippen molar-refractivity contribution in [2.45, 2.75) is 13.5 Å². The molecular formula is C10H16N2O2. The van der Waals surface area contributed by atoms with E-state index in [1.165, 1.54) is 0 Å². The first-order valence-electron chi connectivity index (χ1n) is 4.38. The number of nitrogens with one attached hydrogen (secondary N) is 1. The molecule has 0 aromatic heterocycles. The third-order valence-electron chi connectivity index (χ3n) is 2.03. The van der Waals surface area contributed by atoms with Crippen LogP contribution in [-0.4, -0.2) is 14.2 Å². The highest BCUT2D eigenvalue weighted by Crippen LogP contribution is 2.31. The molecule has 0 aliphatic rings. The van der Waals surface area contributed by atoms with Gasteiger partial charge in [-0.25, -0.2) is 0 Å². The van der Waals surface area contributed by atoms with Crippen LogP contribution in [0.15, 0.2) is 12.1 Å². The normalized spacial score (nSPS) is 10.0. The third kappa shape index (κ3) is 2.16. The Balaban J connectivity index is 3.10. The maximum Gasteiger partial charge on any atom is 0.163 e. The quantitative estimate of drug-likeness (QED) is 0.556. The SMILES string of the molecule is COc1cc(CNN)cc(C)c1OC. The van der Waals surface area contributed by atoms with Crippen LogP contribution in [0.1, 0.15) is 11.1 Å². The van der Waals surface area contributed by atoms with Gasteiger partial charge in [-0.05, 0) is 24.1 Å². The van der Waals surface area contributed by atoms with E-state index in [0.717, 1.165) is 22.6 Å². The zero-order chi connectivity index (χ0) is 10.6. The molecule has 0 bridgehead atoms.